The van der Waals surface area contributed by atoms with Crippen molar-refractivity contribution in [1.82, 2.24) is 5.32 Å². The van der Waals surface area contributed by atoms with E-state index in [9.17, 15) is 4.79 Å². The number of nitrogens with one attached hydrogen (secondary N) is 1. The number of carbonyl (C=O) groups excluding carboxylic acids is 1. The molecule has 1 saturated heterocycles. The van der Waals surface area contributed by atoms with Gasteiger partial charge in [0.05, 0.1) is 22.2 Å². The lowest BCUT2D eigenvalue weighted by molar-refractivity contribution is -0.115. The Morgan fingerprint density at radius 1 is 1.03 bits per heavy atom. The fraction of sp³-hybridized carbons (Fsp3) is 0.154. The van der Waals surface area contributed by atoms with Crippen LogP contribution in [0.5, 0.6) is 11.5 Å². The van der Waals surface area contributed by atoms with E-state index >= 15 is 0 Å². The molecule has 1 amide bonds. The SMILES string of the molecule is COc1cc(/C=C2\SC(=Nc3ccc(C)cc3)NC2=O)cc(Br)c1OCc1ccc(C)cc1. The molecule has 1 aliphatic heterocycles. The monoisotopic (exact) mass is 522 g/mol. The van der Waals surface area contributed by atoms with Crippen molar-refractivity contribution in [2.45, 2.75) is 20.5 Å². The number of aliphatic imine (C=N–C) groups is 1. The molecule has 0 atom stereocenters. The van der Waals surface area contributed by atoms with Crippen LogP contribution in [0.4, 0.5) is 5.69 Å². The molecule has 0 saturated carbocycles. The van der Waals surface area contributed by atoms with Crippen LogP contribution in [0.3, 0.4) is 0 Å². The minimum Gasteiger partial charge on any atom is -0.493 e. The summed E-state index contributed by atoms with van der Waals surface area (Å²) in [5.41, 5.74) is 5.05. The van der Waals surface area contributed by atoms with E-state index in [-0.39, 0.29) is 5.91 Å². The molecule has 1 heterocycles. The van der Waals surface area contributed by atoms with Crippen LogP contribution < -0.4 is 14.8 Å². The highest BCUT2D eigenvalue weighted by Crippen LogP contribution is 2.38. The largest absolute Gasteiger partial charge is 0.493 e. The molecular weight excluding hydrogens is 500 g/mol. The molecule has 1 fully saturated rings. The van der Waals surface area contributed by atoms with E-state index in [1.165, 1.54) is 17.3 Å². The summed E-state index contributed by atoms with van der Waals surface area (Å²) in [5, 5.41) is 3.38. The predicted molar refractivity (Wildman–Crippen MR) is 138 cm³/mol. The summed E-state index contributed by atoms with van der Waals surface area (Å²) >= 11 is 4.89. The summed E-state index contributed by atoms with van der Waals surface area (Å²) in [6, 6.07) is 19.8. The zero-order valence-corrected chi connectivity index (χ0v) is 20.9. The van der Waals surface area contributed by atoms with Crippen molar-refractivity contribution in [3.8, 4) is 11.5 Å². The molecule has 3 aromatic rings. The Kier molecular flexibility index (Phi) is 7.20. The van der Waals surface area contributed by atoms with Crippen molar-refractivity contribution in [3.63, 3.8) is 0 Å². The maximum absolute atomic E-state index is 12.5. The van der Waals surface area contributed by atoms with E-state index in [0.717, 1.165) is 26.9 Å². The number of carbonyl (C=O) groups is 1. The first-order chi connectivity index (χ1) is 15.9. The molecule has 5 nitrogen and oxygen atoms in total. The number of nitrogens with zero attached hydrogens (tertiary/aromatic N) is 1. The Labute approximate surface area is 206 Å². The highest BCUT2D eigenvalue weighted by atomic mass is 79.9. The van der Waals surface area contributed by atoms with Gasteiger partial charge in [-0.2, -0.15) is 0 Å². The molecule has 3 aromatic carbocycles. The van der Waals surface area contributed by atoms with Gasteiger partial charge in [0, 0.05) is 0 Å². The first kappa shape index (κ1) is 23.1. The number of ether oxygens (including phenoxy) is 2. The molecule has 0 spiro atoms. The second-order valence-corrected chi connectivity index (χ2v) is 9.51. The summed E-state index contributed by atoms with van der Waals surface area (Å²) in [5.74, 6) is 1.02. The summed E-state index contributed by atoms with van der Waals surface area (Å²) in [7, 11) is 1.60. The highest BCUT2D eigenvalue weighted by Gasteiger charge is 2.24. The molecule has 7 heteroatoms. The van der Waals surface area contributed by atoms with Crippen molar-refractivity contribution in [3.05, 3.63) is 92.3 Å². The first-order valence-electron chi connectivity index (χ1n) is 10.3. The van der Waals surface area contributed by atoms with Crippen LogP contribution in [-0.2, 0) is 11.4 Å². The van der Waals surface area contributed by atoms with Crippen LogP contribution in [0.1, 0.15) is 22.3 Å². The number of methoxy groups -OCH3 is 1. The van der Waals surface area contributed by atoms with Gasteiger partial charge in [0.1, 0.15) is 6.61 Å². The number of hydrogen-bond acceptors (Lipinski definition) is 5. The Hall–Kier alpha value is -3.03. The fourth-order valence-corrected chi connectivity index (χ4v) is 4.59. The molecule has 0 aliphatic carbocycles. The van der Waals surface area contributed by atoms with Crippen molar-refractivity contribution >= 4 is 50.5 Å². The summed E-state index contributed by atoms with van der Waals surface area (Å²) < 4.78 is 12.3. The minimum atomic E-state index is -0.180. The summed E-state index contributed by atoms with van der Waals surface area (Å²) in [6.07, 6.45) is 1.81. The van der Waals surface area contributed by atoms with E-state index in [1.807, 2.05) is 61.5 Å². The van der Waals surface area contributed by atoms with Gasteiger partial charge in [0.25, 0.3) is 5.91 Å². The number of hydrogen-bond donors (Lipinski definition) is 1. The number of rotatable bonds is 6. The van der Waals surface area contributed by atoms with Crippen LogP contribution >= 0.6 is 27.7 Å². The minimum absolute atomic E-state index is 0.180. The molecule has 168 valence electrons. The van der Waals surface area contributed by atoms with Crippen molar-refractivity contribution < 1.29 is 14.3 Å². The number of aryl methyl sites for hydroxylation is 2. The van der Waals surface area contributed by atoms with Crippen molar-refractivity contribution in [2.24, 2.45) is 4.99 Å². The average Bonchev–Trinajstić information content (AvgIpc) is 3.13. The van der Waals surface area contributed by atoms with Crippen LogP contribution in [-0.4, -0.2) is 18.2 Å². The van der Waals surface area contributed by atoms with E-state index < -0.39 is 0 Å². The lowest BCUT2D eigenvalue weighted by atomic mass is 10.1. The maximum Gasteiger partial charge on any atom is 0.264 e. The van der Waals surface area contributed by atoms with Gasteiger partial charge in [0.15, 0.2) is 16.7 Å². The normalized spacial score (nSPS) is 15.7. The third-order valence-corrected chi connectivity index (χ3v) is 6.47. The second-order valence-electron chi connectivity index (χ2n) is 7.63. The Bertz CT molecular complexity index is 1240. The van der Waals surface area contributed by atoms with Crippen LogP contribution in [0.15, 0.2) is 75.0 Å². The van der Waals surface area contributed by atoms with Crippen LogP contribution in [0.2, 0.25) is 0 Å². The fourth-order valence-electron chi connectivity index (χ4n) is 3.17. The molecule has 0 bridgehead atoms. The smallest absolute Gasteiger partial charge is 0.264 e. The van der Waals surface area contributed by atoms with Gasteiger partial charge < -0.3 is 14.8 Å². The number of amides is 1. The van der Waals surface area contributed by atoms with Gasteiger partial charge in [-0.3, -0.25) is 4.79 Å². The van der Waals surface area contributed by atoms with Crippen LogP contribution in [0, 0.1) is 13.8 Å². The average molecular weight is 523 g/mol. The van der Waals surface area contributed by atoms with Crippen LogP contribution in [0.25, 0.3) is 6.08 Å². The quantitative estimate of drug-likeness (QED) is 0.373. The van der Waals surface area contributed by atoms with Gasteiger partial charge in [-0.15, -0.1) is 0 Å². The van der Waals surface area contributed by atoms with Gasteiger partial charge in [0.2, 0.25) is 0 Å². The van der Waals surface area contributed by atoms with E-state index in [0.29, 0.717) is 28.2 Å². The van der Waals surface area contributed by atoms with E-state index in [4.69, 9.17) is 9.47 Å². The number of thioether (sulfide) groups is 1. The third kappa shape index (κ3) is 5.86. The molecule has 0 aromatic heterocycles. The maximum atomic E-state index is 12.5. The van der Waals surface area contributed by atoms with Crippen molar-refractivity contribution in [1.29, 1.82) is 0 Å². The number of halogens is 1. The summed E-state index contributed by atoms with van der Waals surface area (Å²) in [4.78, 5) is 17.6. The lowest BCUT2D eigenvalue weighted by Crippen LogP contribution is -2.19. The van der Waals surface area contributed by atoms with Gasteiger partial charge in [-0.25, -0.2) is 4.99 Å². The molecular formula is C26H23BrN2O3S. The Morgan fingerprint density at radius 2 is 1.70 bits per heavy atom. The Balaban J connectivity index is 1.52. The third-order valence-electron chi connectivity index (χ3n) is 4.97. The molecule has 1 aliphatic rings. The lowest BCUT2D eigenvalue weighted by Gasteiger charge is -2.14. The topological polar surface area (TPSA) is 59.9 Å². The second kappa shape index (κ2) is 10.3. The van der Waals surface area contributed by atoms with Gasteiger partial charge in [-0.05, 0) is 83.0 Å². The molecule has 1 N–H and O–H groups in total. The van der Waals surface area contributed by atoms with Gasteiger partial charge in [-0.1, -0.05) is 47.5 Å². The first-order valence-corrected chi connectivity index (χ1v) is 11.9. The zero-order chi connectivity index (χ0) is 23.4. The van der Waals surface area contributed by atoms with Crippen molar-refractivity contribution in [2.75, 3.05) is 7.11 Å². The predicted octanol–water partition coefficient (Wildman–Crippen LogP) is 6.55. The van der Waals surface area contributed by atoms with E-state index in [1.54, 1.807) is 7.11 Å². The van der Waals surface area contributed by atoms with Gasteiger partial charge >= 0.3 is 0 Å². The zero-order valence-electron chi connectivity index (χ0n) is 18.5. The standard InChI is InChI=1S/C26H23BrN2O3S/c1-16-4-8-18(9-5-16)15-32-24-21(27)12-19(13-22(24)31-3)14-23-25(30)29-26(33-23)28-20-10-6-17(2)7-11-20/h4-14H,15H2,1-3H3,(H,28,29,30)/b23-14-. The van der Waals surface area contributed by atoms with E-state index in [2.05, 4.69) is 45.3 Å². The number of benzene rings is 3. The molecule has 0 radical (unpaired) electrons. The highest BCUT2D eigenvalue weighted by molar-refractivity contribution is 9.10. The number of amidine groups is 1. The molecule has 0 unspecified atom stereocenters. The summed E-state index contributed by atoms with van der Waals surface area (Å²) in [6.45, 7) is 4.50. The molecule has 33 heavy (non-hydrogen) atoms. The Morgan fingerprint density at radius 3 is 2.36 bits per heavy atom. The molecule has 4 rings (SSSR count).